The lowest BCUT2D eigenvalue weighted by atomic mass is 10.1. The van der Waals surface area contributed by atoms with E-state index in [0.29, 0.717) is 35.3 Å². The summed E-state index contributed by atoms with van der Waals surface area (Å²) in [6.45, 7) is 2.96. The Morgan fingerprint density at radius 2 is 1.77 bits per heavy atom. The lowest BCUT2D eigenvalue weighted by Crippen LogP contribution is -2.27. The highest BCUT2D eigenvalue weighted by Gasteiger charge is 2.16. The van der Waals surface area contributed by atoms with E-state index in [4.69, 9.17) is 21.1 Å². The molecule has 1 unspecified atom stereocenters. The number of halogens is 1. The van der Waals surface area contributed by atoms with Crippen molar-refractivity contribution in [2.45, 2.75) is 13.0 Å². The number of amides is 1. The molecule has 0 spiro atoms. The lowest BCUT2D eigenvalue weighted by molar-refractivity contribution is 0.0938. The summed E-state index contributed by atoms with van der Waals surface area (Å²) in [5, 5.41) is 3.64. The monoisotopic (exact) mass is 317 g/mol. The predicted molar refractivity (Wildman–Crippen MR) is 84.8 cm³/mol. The Morgan fingerprint density at radius 1 is 1.09 bits per heavy atom. The van der Waals surface area contributed by atoms with Crippen LogP contribution in [0.5, 0.6) is 11.5 Å². The van der Waals surface area contributed by atoms with Gasteiger partial charge in [-0.2, -0.15) is 0 Å². The van der Waals surface area contributed by atoms with E-state index in [1.165, 1.54) is 0 Å². The summed E-state index contributed by atoms with van der Waals surface area (Å²) in [5.41, 5.74) is 1.54. The molecular weight excluding hydrogens is 302 g/mol. The van der Waals surface area contributed by atoms with Crippen LogP contribution in [0, 0.1) is 0 Å². The fourth-order valence-electron chi connectivity index (χ4n) is 2.30. The predicted octanol–water partition coefficient (Wildman–Crippen LogP) is 3.60. The average Bonchev–Trinajstić information content (AvgIpc) is 2.55. The number of hydrogen-bond acceptors (Lipinski definition) is 3. The topological polar surface area (TPSA) is 47.6 Å². The standard InChI is InChI=1S/C17H16ClNO3/c1-11(12-2-5-14(18)6-3-12)19-17(20)13-4-7-15-16(10-13)22-9-8-21-15/h2-7,10-11H,8-9H2,1H3,(H,19,20). The van der Waals surface area contributed by atoms with Crippen molar-refractivity contribution >= 4 is 17.5 Å². The summed E-state index contributed by atoms with van der Waals surface area (Å²) in [7, 11) is 0. The fraction of sp³-hybridized carbons (Fsp3) is 0.235. The number of nitrogens with one attached hydrogen (secondary N) is 1. The zero-order valence-electron chi connectivity index (χ0n) is 12.1. The molecule has 1 aliphatic heterocycles. The fourth-order valence-corrected chi connectivity index (χ4v) is 2.43. The van der Waals surface area contributed by atoms with Crippen LogP contribution < -0.4 is 14.8 Å². The second-order valence-electron chi connectivity index (χ2n) is 5.11. The first-order valence-corrected chi connectivity index (χ1v) is 7.47. The van der Waals surface area contributed by atoms with E-state index >= 15 is 0 Å². The second-order valence-corrected chi connectivity index (χ2v) is 5.54. The van der Waals surface area contributed by atoms with Crippen molar-refractivity contribution in [2.24, 2.45) is 0 Å². The Morgan fingerprint density at radius 3 is 2.50 bits per heavy atom. The van der Waals surface area contributed by atoms with Crippen LogP contribution in [-0.4, -0.2) is 19.1 Å². The smallest absolute Gasteiger partial charge is 0.251 e. The molecule has 2 aromatic rings. The molecule has 1 amide bonds. The van der Waals surface area contributed by atoms with Crippen molar-refractivity contribution in [2.75, 3.05) is 13.2 Å². The van der Waals surface area contributed by atoms with Gasteiger partial charge >= 0.3 is 0 Å². The van der Waals surface area contributed by atoms with E-state index in [0.717, 1.165) is 5.56 Å². The van der Waals surface area contributed by atoms with E-state index < -0.39 is 0 Å². The molecule has 114 valence electrons. The van der Waals surface area contributed by atoms with Gasteiger partial charge in [-0.1, -0.05) is 23.7 Å². The molecule has 2 aromatic carbocycles. The summed E-state index contributed by atoms with van der Waals surface area (Å²) < 4.78 is 10.9. The van der Waals surface area contributed by atoms with E-state index in [9.17, 15) is 4.79 Å². The molecule has 0 fully saturated rings. The first kappa shape index (κ1) is 14.7. The quantitative estimate of drug-likeness (QED) is 0.941. The molecule has 1 aliphatic rings. The summed E-state index contributed by atoms with van der Waals surface area (Å²) in [6.07, 6.45) is 0. The van der Waals surface area contributed by atoms with Crippen LogP contribution in [-0.2, 0) is 0 Å². The molecule has 3 rings (SSSR count). The maximum absolute atomic E-state index is 12.3. The van der Waals surface area contributed by atoms with E-state index in [-0.39, 0.29) is 11.9 Å². The lowest BCUT2D eigenvalue weighted by Gasteiger charge is -2.19. The van der Waals surface area contributed by atoms with Crippen molar-refractivity contribution in [3.8, 4) is 11.5 Å². The van der Waals surface area contributed by atoms with Crippen molar-refractivity contribution in [1.82, 2.24) is 5.32 Å². The first-order chi connectivity index (χ1) is 10.6. The van der Waals surface area contributed by atoms with E-state index in [1.807, 2.05) is 31.2 Å². The number of ether oxygens (including phenoxy) is 2. The number of carbonyl (C=O) groups is 1. The van der Waals surface area contributed by atoms with Gasteiger partial charge in [0.2, 0.25) is 0 Å². The summed E-state index contributed by atoms with van der Waals surface area (Å²) >= 11 is 5.87. The molecule has 5 heteroatoms. The van der Waals surface area contributed by atoms with Crippen LogP contribution in [0.3, 0.4) is 0 Å². The van der Waals surface area contributed by atoms with Gasteiger partial charge in [-0.05, 0) is 42.8 Å². The normalized spacial score (nSPS) is 14.3. The molecule has 1 N–H and O–H groups in total. The minimum Gasteiger partial charge on any atom is -0.486 e. The zero-order chi connectivity index (χ0) is 15.5. The van der Waals surface area contributed by atoms with Gasteiger partial charge in [0.25, 0.3) is 5.91 Å². The van der Waals surface area contributed by atoms with Gasteiger partial charge in [0.15, 0.2) is 11.5 Å². The molecule has 1 atom stereocenters. The van der Waals surface area contributed by atoms with Crippen LogP contribution in [0.1, 0.15) is 28.9 Å². The summed E-state index contributed by atoms with van der Waals surface area (Å²) in [4.78, 5) is 12.3. The number of fused-ring (bicyclic) bond motifs is 1. The molecule has 0 saturated carbocycles. The van der Waals surface area contributed by atoms with Gasteiger partial charge in [-0.25, -0.2) is 0 Å². The third kappa shape index (κ3) is 3.17. The van der Waals surface area contributed by atoms with Crippen LogP contribution in [0.2, 0.25) is 5.02 Å². The second kappa shape index (κ2) is 6.28. The number of carbonyl (C=O) groups excluding carboxylic acids is 1. The average molecular weight is 318 g/mol. The van der Waals surface area contributed by atoms with Crippen LogP contribution in [0.15, 0.2) is 42.5 Å². The van der Waals surface area contributed by atoms with Gasteiger partial charge < -0.3 is 14.8 Å². The molecule has 0 aliphatic carbocycles. The minimum atomic E-state index is -0.153. The molecule has 22 heavy (non-hydrogen) atoms. The van der Waals surface area contributed by atoms with E-state index in [1.54, 1.807) is 18.2 Å². The van der Waals surface area contributed by atoms with Gasteiger partial charge in [-0.15, -0.1) is 0 Å². The number of rotatable bonds is 3. The van der Waals surface area contributed by atoms with Crippen molar-refractivity contribution < 1.29 is 14.3 Å². The minimum absolute atomic E-state index is 0.113. The highest BCUT2D eigenvalue weighted by atomic mass is 35.5. The molecule has 0 saturated heterocycles. The molecule has 4 nitrogen and oxygen atoms in total. The first-order valence-electron chi connectivity index (χ1n) is 7.09. The third-order valence-electron chi connectivity index (χ3n) is 3.52. The maximum Gasteiger partial charge on any atom is 0.251 e. The molecule has 1 heterocycles. The van der Waals surface area contributed by atoms with Crippen LogP contribution in [0.4, 0.5) is 0 Å². The SMILES string of the molecule is CC(NC(=O)c1ccc2c(c1)OCCO2)c1ccc(Cl)cc1. The third-order valence-corrected chi connectivity index (χ3v) is 3.77. The Kier molecular flexibility index (Phi) is 4.20. The maximum atomic E-state index is 12.3. The summed E-state index contributed by atoms with van der Waals surface area (Å²) in [5.74, 6) is 1.13. The number of hydrogen-bond donors (Lipinski definition) is 1. The van der Waals surface area contributed by atoms with Gasteiger partial charge in [0.1, 0.15) is 13.2 Å². The van der Waals surface area contributed by atoms with Crippen LogP contribution >= 0.6 is 11.6 Å². The highest BCUT2D eigenvalue weighted by Crippen LogP contribution is 2.30. The van der Waals surface area contributed by atoms with Crippen molar-refractivity contribution in [3.63, 3.8) is 0 Å². The van der Waals surface area contributed by atoms with Crippen LogP contribution in [0.25, 0.3) is 0 Å². The van der Waals surface area contributed by atoms with Crippen molar-refractivity contribution in [1.29, 1.82) is 0 Å². The van der Waals surface area contributed by atoms with Gasteiger partial charge in [0, 0.05) is 10.6 Å². The highest BCUT2D eigenvalue weighted by molar-refractivity contribution is 6.30. The molecular formula is C17H16ClNO3. The summed E-state index contributed by atoms with van der Waals surface area (Å²) in [6, 6.07) is 12.5. The zero-order valence-corrected chi connectivity index (χ0v) is 12.9. The Bertz CT molecular complexity index is 685. The molecule has 0 radical (unpaired) electrons. The Hall–Kier alpha value is -2.20. The van der Waals surface area contributed by atoms with Gasteiger partial charge in [0.05, 0.1) is 6.04 Å². The number of benzene rings is 2. The van der Waals surface area contributed by atoms with Gasteiger partial charge in [-0.3, -0.25) is 4.79 Å². The van der Waals surface area contributed by atoms with E-state index in [2.05, 4.69) is 5.32 Å². The largest absolute Gasteiger partial charge is 0.486 e. The molecule has 0 aromatic heterocycles. The Labute approximate surface area is 134 Å². The van der Waals surface area contributed by atoms with Crippen molar-refractivity contribution in [3.05, 3.63) is 58.6 Å². The Balaban J connectivity index is 1.72. The molecule has 0 bridgehead atoms.